The van der Waals surface area contributed by atoms with Crippen LogP contribution in [0.4, 0.5) is 17.1 Å². The van der Waals surface area contributed by atoms with Crippen molar-refractivity contribution in [1.29, 1.82) is 0 Å². The van der Waals surface area contributed by atoms with Crippen LogP contribution in [0.5, 0.6) is 5.75 Å². The van der Waals surface area contributed by atoms with Gasteiger partial charge >= 0.3 is 0 Å². The molecule has 2 aromatic carbocycles. The van der Waals surface area contributed by atoms with Gasteiger partial charge in [-0.1, -0.05) is 18.2 Å². The fraction of sp³-hybridized carbons (Fsp3) is 0.100. The number of rotatable bonds is 5. The molecule has 0 aliphatic rings. The number of methoxy groups -OCH3 is 1. The Hall–Kier alpha value is -3.39. The van der Waals surface area contributed by atoms with Crippen molar-refractivity contribution < 1.29 is 13.2 Å². The smallest absolute Gasteiger partial charge is 0.229 e. The molecule has 0 bridgehead atoms. The van der Waals surface area contributed by atoms with Crippen molar-refractivity contribution in [3.05, 3.63) is 60.8 Å². The normalized spacial score (nSPS) is 11.5. The van der Waals surface area contributed by atoms with Gasteiger partial charge in [0.05, 0.1) is 41.5 Å². The predicted octanol–water partition coefficient (Wildman–Crippen LogP) is 3.91. The average molecular weight is 394 g/mol. The Morgan fingerprint density at radius 2 is 1.79 bits per heavy atom. The lowest BCUT2D eigenvalue weighted by Gasteiger charge is -2.16. The molecule has 2 N–H and O–H groups in total. The minimum Gasteiger partial charge on any atom is -0.494 e. The van der Waals surface area contributed by atoms with Crippen LogP contribution in [0.3, 0.4) is 0 Å². The molecular weight excluding hydrogens is 376 g/mol. The summed E-state index contributed by atoms with van der Waals surface area (Å²) < 4.78 is 30.9. The minimum atomic E-state index is -3.38. The van der Waals surface area contributed by atoms with E-state index in [4.69, 9.17) is 4.74 Å². The van der Waals surface area contributed by atoms with Crippen LogP contribution in [-0.2, 0) is 10.0 Å². The Bertz CT molecular complexity index is 1240. The summed E-state index contributed by atoms with van der Waals surface area (Å²) in [5, 5.41) is 4.32. The minimum absolute atomic E-state index is 0.424. The Kier molecular flexibility index (Phi) is 4.48. The lowest BCUT2D eigenvalue weighted by Crippen LogP contribution is -2.09. The van der Waals surface area contributed by atoms with E-state index >= 15 is 0 Å². The first-order chi connectivity index (χ1) is 13.4. The van der Waals surface area contributed by atoms with E-state index < -0.39 is 10.0 Å². The van der Waals surface area contributed by atoms with Gasteiger partial charge in [0.25, 0.3) is 0 Å². The second kappa shape index (κ2) is 6.97. The molecule has 142 valence electrons. The first kappa shape index (κ1) is 18.0. The number of hydrogen-bond acceptors (Lipinski definition) is 6. The van der Waals surface area contributed by atoms with Crippen molar-refractivity contribution in [3.63, 3.8) is 0 Å². The van der Waals surface area contributed by atoms with Gasteiger partial charge in [-0.05, 0) is 30.3 Å². The third-order valence-electron chi connectivity index (χ3n) is 4.20. The van der Waals surface area contributed by atoms with Gasteiger partial charge in [-0.15, -0.1) is 0 Å². The fourth-order valence-electron chi connectivity index (χ4n) is 3.05. The van der Waals surface area contributed by atoms with Gasteiger partial charge in [-0.2, -0.15) is 0 Å². The Balaban J connectivity index is 1.85. The molecule has 0 saturated carbocycles. The second-order valence-corrected chi connectivity index (χ2v) is 8.04. The van der Waals surface area contributed by atoms with Crippen LogP contribution in [0.1, 0.15) is 0 Å². The van der Waals surface area contributed by atoms with Crippen molar-refractivity contribution in [1.82, 2.24) is 9.97 Å². The summed E-state index contributed by atoms with van der Waals surface area (Å²) in [5.74, 6) is 0.499. The van der Waals surface area contributed by atoms with Crippen LogP contribution in [0, 0.1) is 0 Å². The molecule has 0 atom stereocenters. The molecule has 0 saturated heterocycles. The van der Waals surface area contributed by atoms with Crippen LogP contribution in [0.2, 0.25) is 0 Å². The number of para-hydroxylation sites is 1. The van der Waals surface area contributed by atoms with Crippen LogP contribution < -0.4 is 14.8 Å². The van der Waals surface area contributed by atoms with Crippen molar-refractivity contribution in [2.75, 3.05) is 23.4 Å². The van der Waals surface area contributed by atoms with E-state index in [1.807, 2.05) is 36.4 Å². The van der Waals surface area contributed by atoms with Gasteiger partial charge in [0, 0.05) is 17.6 Å². The number of anilines is 3. The summed E-state index contributed by atoms with van der Waals surface area (Å²) in [6, 6.07) is 16.6. The molecular formula is C20H18N4O3S. The second-order valence-electron chi connectivity index (χ2n) is 6.29. The molecule has 2 aromatic heterocycles. The largest absolute Gasteiger partial charge is 0.494 e. The molecule has 2 heterocycles. The maximum atomic E-state index is 11.5. The molecule has 0 amide bonds. The summed E-state index contributed by atoms with van der Waals surface area (Å²) in [7, 11) is -1.84. The molecule has 0 unspecified atom stereocenters. The standard InChI is InChI=1S/C20H18N4O3S/c1-27-18-12-13(24-28(2,25)26)9-10-16(18)23-19-14-6-3-4-7-15(14)22-17-8-5-11-21-20(17)19/h3-12,24H,1-2H3,(H,22,23). The zero-order valence-corrected chi connectivity index (χ0v) is 16.1. The van der Waals surface area contributed by atoms with Crippen LogP contribution in [0.25, 0.3) is 21.9 Å². The highest BCUT2D eigenvalue weighted by molar-refractivity contribution is 7.92. The maximum absolute atomic E-state index is 11.5. The lowest BCUT2D eigenvalue weighted by atomic mass is 10.1. The summed E-state index contributed by atoms with van der Waals surface area (Å²) in [6.07, 6.45) is 2.83. The lowest BCUT2D eigenvalue weighted by molar-refractivity contribution is 0.417. The number of sulfonamides is 1. The number of pyridine rings is 2. The van der Waals surface area contributed by atoms with Crippen molar-refractivity contribution in [3.8, 4) is 5.75 Å². The topological polar surface area (TPSA) is 93.2 Å². The third kappa shape index (κ3) is 3.54. The molecule has 0 radical (unpaired) electrons. The molecule has 0 fully saturated rings. The van der Waals surface area contributed by atoms with Gasteiger partial charge in [0.2, 0.25) is 10.0 Å². The van der Waals surface area contributed by atoms with Gasteiger partial charge in [0.1, 0.15) is 11.3 Å². The highest BCUT2D eigenvalue weighted by Gasteiger charge is 2.13. The van der Waals surface area contributed by atoms with Gasteiger partial charge < -0.3 is 10.1 Å². The van der Waals surface area contributed by atoms with Crippen LogP contribution in [-0.4, -0.2) is 31.8 Å². The first-order valence-electron chi connectivity index (χ1n) is 8.51. The fourth-order valence-corrected chi connectivity index (χ4v) is 3.61. The van der Waals surface area contributed by atoms with Gasteiger partial charge in [-0.3, -0.25) is 9.71 Å². The van der Waals surface area contributed by atoms with E-state index in [-0.39, 0.29) is 0 Å². The van der Waals surface area contributed by atoms with E-state index in [0.29, 0.717) is 17.1 Å². The summed E-state index contributed by atoms with van der Waals surface area (Å²) >= 11 is 0. The number of aromatic nitrogens is 2. The van der Waals surface area contributed by atoms with Gasteiger partial charge in [-0.25, -0.2) is 13.4 Å². The Morgan fingerprint density at radius 3 is 2.57 bits per heavy atom. The SMILES string of the molecule is COc1cc(NS(C)(=O)=O)ccc1Nc1c2ccccc2nc2cccnc12. The average Bonchev–Trinajstić information content (AvgIpc) is 2.67. The molecule has 7 nitrogen and oxygen atoms in total. The zero-order valence-electron chi connectivity index (χ0n) is 15.3. The molecule has 0 aliphatic carbocycles. The molecule has 28 heavy (non-hydrogen) atoms. The summed E-state index contributed by atoms with van der Waals surface area (Å²) in [5.41, 5.74) is 4.28. The van der Waals surface area contributed by atoms with Crippen LogP contribution >= 0.6 is 0 Å². The van der Waals surface area contributed by atoms with E-state index in [2.05, 4.69) is 20.0 Å². The maximum Gasteiger partial charge on any atom is 0.229 e. The number of ether oxygens (including phenoxy) is 1. The quantitative estimate of drug-likeness (QED) is 0.499. The summed E-state index contributed by atoms with van der Waals surface area (Å²) in [6.45, 7) is 0. The van der Waals surface area contributed by atoms with E-state index in [9.17, 15) is 8.42 Å². The Labute approximate surface area is 162 Å². The zero-order chi connectivity index (χ0) is 19.7. The van der Waals surface area contributed by atoms with Crippen molar-refractivity contribution in [2.45, 2.75) is 0 Å². The van der Waals surface area contributed by atoms with Crippen LogP contribution in [0.15, 0.2) is 60.8 Å². The number of benzene rings is 2. The third-order valence-corrected chi connectivity index (χ3v) is 4.81. The first-order valence-corrected chi connectivity index (χ1v) is 10.4. The molecule has 0 spiro atoms. The van der Waals surface area contributed by atoms with Gasteiger partial charge in [0.15, 0.2) is 0 Å². The predicted molar refractivity (Wildman–Crippen MR) is 112 cm³/mol. The molecule has 4 rings (SSSR count). The monoisotopic (exact) mass is 394 g/mol. The van der Waals surface area contributed by atoms with E-state index in [1.54, 1.807) is 24.4 Å². The number of fused-ring (bicyclic) bond motifs is 2. The van der Waals surface area contributed by atoms with Crippen molar-refractivity contribution >= 4 is 49.0 Å². The number of nitrogens with zero attached hydrogens (tertiary/aromatic N) is 2. The van der Waals surface area contributed by atoms with Crippen molar-refractivity contribution in [2.24, 2.45) is 0 Å². The summed E-state index contributed by atoms with van der Waals surface area (Å²) in [4.78, 5) is 9.16. The number of hydrogen-bond donors (Lipinski definition) is 2. The molecule has 0 aliphatic heterocycles. The molecule has 4 aromatic rings. The Morgan fingerprint density at radius 1 is 1.00 bits per heavy atom. The molecule has 8 heteroatoms. The highest BCUT2D eigenvalue weighted by atomic mass is 32.2. The van der Waals surface area contributed by atoms with E-state index in [0.717, 1.165) is 33.9 Å². The number of nitrogens with one attached hydrogen (secondary N) is 2. The van der Waals surface area contributed by atoms with E-state index in [1.165, 1.54) is 7.11 Å². The highest BCUT2D eigenvalue weighted by Crippen LogP contribution is 2.36.